The topological polar surface area (TPSA) is 123 Å². The molecular formula is C14H24N4O5S. The monoisotopic (exact) mass is 360 g/mol. The summed E-state index contributed by atoms with van der Waals surface area (Å²) in [6.45, 7) is 0.299. The van der Waals surface area contributed by atoms with Crippen molar-refractivity contribution >= 4 is 22.3 Å². The van der Waals surface area contributed by atoms with Crippen LogP contribution in [-0.4, -0.2) is 59.5 Å². The summed E-state index contributed by atoms with van der Waals surface area (Å²) in [5.74, 6) is 0.308. The molecule has 2 heterocycles. The van der Waals surface area contributed by atoms with Crippen LogP contribution in [0.5, 0.6) is 0 Å². The van der Waals surface area contributed by atoms with E-state index in [9.17, 15) is 13.2 Å². The second-order valence-electron chi connectivity index (χ2n) is 6.76. The molecule has 10 heteroatoms. The summed E-state index contributed by atoms with van der Waals surface area (Å²) in [6, 6.07) is -1.17. The van der Waals surface area contributed by atoms with Gasteiger partial charge in [0.2, 0.25) is 0 Å². The molecule has 3 fully saturated rings. The minimum Gasteiger partial charge on any atom is -0.370 e. The van der Waals surface area contributed by atoms with Crippen molar-refractivity contribution in [1.82, 2.24) is 15.3 Å². The van der Waals surface area contributed by atoms with Crippen LogP contribution in [0.4, 0.5) is 4.79 Å². The largest absolute Gasteiger partial charge is 0.418 e. The van der Waals surface area contributed by atoms with E-state index in [0.29, 0.717) is 30.3 Å². The summed E-state index contributed by atoms with van der Waals surface area (Å²) < 4.78 is 35.0. The number of carbonyl (C=O) groups excluding carboxylic acids is 1. The molecule has 1 saturated carbocycles. The van der Waals surface area contributed by atoms with Gasteiger partial charge in [0.05, 0.1) is 12.1 Å². The average molecular weight is 360 g/mol. The summed E-state index contributed by atoms with van der Waals surface area (Å²) in [4.78, 5) is 13.8. The highest BCUT2D eigenvalue weighted by Gasteiger charge is 2.48. The van der Waals surface area contributed by atoms with E-state index >= 15 is 0 Å². The van der Waals surface area contributed by atoms with Gasteiger partial charge in [-0.2, -0.15) is 13.5 Å². The SMILES string of the molecule is N=C(NC1CCCCCC1)[C@@H]1CC[C@@H]2CN1C(=O)N2OS(=O)(=O)O. The molecule has 3 aliphatic rings. The van der Waals surface area contributed by atoms with E-state index in [1.54, 1.807) is 0 Å². The molecule has 2 saturated heterocycles. The van der Waals surface area contributed by atoms with Gasteiger partial charge in [0.1, 0.15) is 5.84 Å². The molecule has 9 nitrogen and oxygen atoms in total. The number of rotatable bonds is 4. The number of fused-ring (bicyclic) bond motifs is 2. The molecule has 3 N–H and O–H groups in total. The average Bonchev–Trinajstić information content (AvgIpc) is 2.72. The number of hydroxylamine groups is 2. The van der Waals surface area contributed by atoms with Crippen LogP contribution < -0.4 is 5.32 Å². The van der Waals surface area contributed by atoms with Crippen molar-refractivity contribution in [2.24, 2.45) is 0 Å². The Balaban J connectivity index is 1.63. The van der Waals surface area contributed by atoms with E-state index in [4.69, 9.17) is 9.96 Å². The van der Waals surface area contributed by atoms with Gasteiger partial charge < -0.3 is 10.2 Å². The molecule has 0 aromatic heterocycles. The van der Waals surface area contributed by atoms with Gasteiger partial charge in [-0.15, -0.1) is 4.28 Å². The zero-order valence-electron chi connectivity index (χ0n) is 13.5. The second kappa shape index (κ2) is 6.85. The fourth-order valence-corrected chi connectivity index (χ4v) is 4.26. The Morgan fingerprint density at radius 3 is 2.46 bits per heavy atom. The Bertz CT molecular complexity index is 602. The number of nitrogens with zero attached hydrogens (tertiary/aromatic N) is 2. The normalized spacial score (nSPS) is 28.8. The predicted molar refractivity (Wildman–Crippen MR) is 85.7 cm³/mol. The van der Waals surface area contributed by atoms with Crippen LogP contribution in [0.1, 0.15) is 51.4 Å². The number of amides is 2. The zero-order chi connectivity index (χ0) is 17.3. The van der Waals surface area contributed by atoms with Gasteiger partial charge in [0.15, 0.2) is 0 Å². The first-order valence-electron chi connectivity index (χ1n) is 8.47. The van der Waals surface area contributed by atoms with Crippen LogP contribution in [0, 0.1) is 5.41 Å². The fourth-order valence-electron chi connectivity index (χ4n) is 3.87. The number of nitrogens with one attached hydrogen (secondary N) is 2. The maximum Gasteiger partial charge on any atom is 0.418 e. The molecule has 2 bridgehead atoms. The van der Waals surface area contributed by atoms with Crippen molar-refractivity contribution in [2.75, 3.05) is 6.54 Å². The van der Waals surface area contributed by atoms with Crippen molar-refractivity contribution in [3.63, 3.8) is 0 Å². The third-order valence-electron chi connectivity index (χ3n) is 5.05. The Labute approximate surface area is 141 Å². The van der Waals surface area contributed by atoms with Gasteiger partial charge in [-0.3, -0.25) is 9.96 Å². The number of piperidine rings is 1. The second-order valence-corrected chi connectivity index (χ2v) is 7.76. The molecule has 1 aliphatic carbocycles. The van der Waals surface area contributed by atoms with Gasteiger partial charge in [-0.05, 0) is 25.7 Å². The van der Waals surface area contributed by atoms with Crippen molar-refractivity contribution in [1.29, 1.82) is 5.41 Å². The lowest BCUT2D eigenvalue weighted by Crippen LogP contribution is -2.51. The van der Waals surface area contributed by atoms with Crippen molar-refractivity contribution < 1.29 is 22.0 Å². The van der Waals surface area contributed by atoms with E-state index in [1.165, 1.54) is 17.7 Å². The molecule has 0 radical (unpaired) electrons. The van der Waals surface area contributed by atoms with Gasteiger partial charge in [0.25, 0.3) is 0 Å². The van der Waals surface area contributed by atoms with E-state index in [0.717, 1.165) is 25.7 Å². The standard InChI is InChI=1S/C14H24N4O5S/c15-13(16-10-5-3-1-2-4-6-10)12-8-7-11-9-17(12)14(19)18(11)23-24(20,21)22/h10-12H,1-9H2,(H2,15,16)(H,20,21,22)/t11-,12+/m1/s1. The van der Waals surface area contributed by atoms with E-state index < -0.39 is 28.5 Å². The Morgan fingerprint density at radius 2 is 1.83 bits per heavy atom. The van der Waals surface area contributed by atoms with Crippen LogP contribution in [0.3, 0.4) is 0 Å². The highest BCUT2D eigenvalue weighted by atomic mass is 32.3. The molecule has 0 spiro atoms. The van der Waals surface area contributed by atoms with E-state index in [-0.39, 0.29) is 6.04 Å². The highest BCUT2D eigenvalue weighted by molar-refractivity contribution is 7.80. The highest BCUT2D eigenvalue weighted by Crippen LogP contribution is 2.31. The Kier molecular flexibility index (Phi) is 4.97. The molecule has 3 rings (SSSR count). The molecule has 0 unspecified atom stereocenters. The van der Waals surface area contributed by atoms with Gasteiger partial charge in [-0.25, -0.2) is 4.79 Å². The minimum absolute atomic E-state index is 0.264. The Hall–Kier alpha value is -1.39. The maximum atomic E-state index is 12.4. The molecular weight excluding hydrogens is 336 g/mol. The third kappa shape index (κ3) is 3.81. The summed E-state index contributed by atoms with van der Waals surface area (Å²) in [7, 11) is -4.73. The lowest BCUT2D eigenvalue weighted by atomic mass is 9.99. The number of urea groups is 1. The van der Waals surface area contributed by atoms with Crippen molar-refractivity contribution in [3.8, 4) is 0 Å². The first kappa shape index (κ1) is 17.4. The Morgan fingerprint density at radius 1 is 1.17 bits per heavy atom. The van der Waals surface area contributed by atoms with E-state index in [1.807, 2.05) is 0 Å². The zero-order valence-corrected chi connectivity index (χ0v) is 14.3. The molecule has 2 amide bonds. The predicted octanol–water partition coefficient (Wildman–Crippen LogP) is 1.28. The smallest absolute Gasteiger partial charge is 0.370 e. The quantitative estimate of drug-likeness (QED) is 0.300. The summed E-state index contributed by atoms with van der Waals surface area (Å²) >= 11 is 0. The third-order valence-corrected chi connectivity index (χ3v) is 5.39. The number of carbonyl (C=O) groups is 1. The van der Waals surface area contributed by atoms with Gasteiger partial charge >= 0.3 is 16.4 Å². The van der Waals surface area contributed by atoms with E-state index in [2.05, 4.69) is 9.60 Å². The first-order valence-corrected chi connectivity index (χ1v) is 9.83. The van der Waals surface area contributed by atoms with Crippen molar-refractivity contribution in [3.05, 3.63) is 0 Å². The summed E-state index contributed by atoms with van der Waals surface area (Å²) in [5.41, 5.74) is 0. The van der Waals surface area contributed by atoms with Crippen LogP contribution in [0.2, 0.25) is 0 Å². The van der Waals surface area contributed by atoms with Crippen LogP contribution >= 0.6 is 0 Å². The fraction of sp³-hybridized carbons (Fsp3) is 0.857. The molecule has 136 valence electrons. The molecule has 24 heavy (non-hydrogen) atoms. The molecule has 2 aliphatic heterocycles. The first-order chi connectivity index (χ1) is 11.3. The summed E-state index contributed by atoms with van der Waals surface area (Å²) in [5, 5.41) is 12.3. The van der Waals surface area contributed by atoms with Gasteiger partial charge in [0, 0.05) is 12.6 Å². The van der Waals surface area contributed by atoms with Crippen LogP contribution in [0.25, 0.3) is 0 Å². The number of amidine groups is 1. The summed E-state index contributed by atoms with van der Waals surface area (Å²) in [6.07, 6.45) is 7.91. The molecule has 0 aromatic rings. The van der Waals surface area contributed by atoms with Crippen molar-refractivity contribution in [2.45, 2.75) is 69.5 Å². The molecule has 0 aromatic carbocycles. The van der Waals surface area contributed by atoms with Crippen LogP contribution in [-0.2, 0) is 14.7 Å². The van der Waals surface area contributed by atoms with Gasteiger partial charge in [-0.1, -0.05) is 25.7 Å². The lowest BCUT2D eigenvalue weighted by Gasteiger charge is -2.32. The number of hydrogen-bond acceptors (Lipinski definition) is 5. The van der Waals surface area contributed by atoms with Crippen LogP contribution in [0.15, 0.2) is 0 Å². The molecule has 2 atom stereocenters. The number of hydrogen-bond donors (Lipinski definition) is 3. The lowest BCUT2D eigenvalue weighted by molar-refractivity contribution is -0.0316. The maximum absolute atomic E-state index is 12.4. The minimum atomic E-state index is -4.73.